The van der Waals surface area contributed by atoms with E-state index < -0.39 is 0 Å². The van der Waals surface area contributed by atoms with E-state index in [1.165, 1.54) is 68.1 Å². The number of carbonyl (C=O) groups is 1. The molecule has 0 aromatic heterocycles. The molecule has 0 bridgehead atoms. The molecule has 0 unspecified atom stereocenters. The third-order valence-corrected chi connectivity index (χ3v) is 6.71. The third kappa shape index (κ3) is 7.23. The lowest BCUT2D eigenvalue weighted by Crippen LogP contribution is -2.23. The largest absolute Gasteiger partial charge is 0.494 e. The highest BCUT2D eigenvalue weighted by Gasteiger charge is 2.29. The van der Waals surface area contributed by atoms with Crippen molar-refractivity contribution in [2.75, 3.05) is 6.61 Å². The lowest BCUT2D eigenvalue weighted by Gasteiger charge is -2.27. The summed E-state index contributed by atoms with van der Waals surface area (Å²) >= 11 is 0. The van der Waals surface area contributed by atoms with E-state index in [9.17, 15) is 4.79 Å². The second kappa shape index (κ2) is 12.7. The number of Topliss-reactive ketones (excluding diaryl/α,β-unsaturated/α-hetero) is 1. The number of benzene rings is 2. The minimum absolute atomic E-state index is 0.0971. The van der Waals surface area contributed by atoms with Crippen LogP contribution in [0.2, 0.25) is 0 Å². The van der Waals surface area contributed by atoms with Gasteiger partial charge in [0.25, 0.3) is 0 Å². The topological polar surface area (TPSA) is 26.3 Å². The fourth-order valence-corrected chi connectivity index (χ4v) is 4.82. The van der Waals surface area contributed by atoms with E-state index in [2.05, 4.69) is 62.4 Å². The van der Waals surface area contributed by atoms with Crippen LogP contribution in [-0.2, 0) is 4.79 Å². The first-order valence-electron chi connectivity index (χ1n) is 12.6. The van der Waals surface area contributed by atoms with E-state index in [1.54, 1.807) is 0 Å². The molecule has 168 valence electrons. The maximum atomic E-state index is 12.6. The molecule has 1 aliphatic rings. The lowest BCUT2D eigenvalue weighted by atomic mass is 9.76. The second-order valence-electron chi connectivity index (χ2n) is 9.22. The standard InChI is InChI=1S/C29H40O2/c1-3-5-6-7-8-9-21-31-27-18-16-25(17-19-27)24-12-14-26(15-13-24)28-20-11-23(10-4-2)22-29(28)30/h12-19,23,28H,3-11,20-22H2,1-2H3/t23-,28+/m0/s1. The Hall–Kier alpha value is -2.09. The molecule has 0 heterocycles. The maximum Gasteiger partial charge on any atom is 0.140 e. The van der Waals surface area contributed by atoms with Crippen molar-refractivity contribution in [2.24, 2.45) is 5.92 Å². The molecule has 0 saturated heterocycles. The van der Waals surface area contributed by atoms with E-state index in [0.717, 1.165) is 31.6 Å². The summed E-state index contributed by atoms with van der Waals surface area (Å²) < 4.78 is 5.90. The predicted molar refractivity (Wildman–Crippen MR) is 131 cm³/mol. The third-order valence-electron chi connectivity index (χ3n) is 6.71. The van der Waals surface area contributed by atoms with Crippen molar-refractivity contribution in [2.45, 2.75) is 90.4 Å². The highest BCUT2D eigenvalue weighted by Crippen LogP contribution is 2.36. The molecule has 0 N–H and O–H groups in total. The lowest BCUT2D eigenvalue weighted by molar-refractivity contribution is -0.123. The number of unbranched alkanes of at least 4 members (excludes halogenated alkanes) is 5. The summed E-state index contributed by atoms with van der Waals surface area (Å²) in [5.41, 5.74) is 3.57. The van der Waals surface area contributed by atoms with Crippen LogP contribution in [0.5, 0.6) is 5.75 Å². The zero-order valence-electron chi connectivity index (χ0n) is 19.6. The van der Waals surface area contributed by atoms with Crippen LogP contribution in [0.4, 0.5) is 0 Å². The van der Waals surface area contributed by atoms with E-state index in [-0.39, 0.29) is 5.92 Å². The molecule has 0 radical (unpaired) electrons. The van der Waals surface area contributed by atoms with Crippen molar-refractivity contribution >= 4 is 5.78 Å². The SMILES string of the molecule is CCCCCCCCOc1ccc(-c2ccc([C@H]3CC[C@H](CCC)CC3=O)cc2)cc1. The quantitative estimate of drug-likeness (QED) is 0.322. The molecule has 31 heavy (non-hydrogen) atoms. The van der Waals surface area contributed by atoms with Gasteiger partial charge in [-0.1, -0.05) is 95.2 Å². The molecule has 2 aromatic carbocycles. The minimum atomic E-state index is 0.0971. The molecular formula is C29H40O2. The van der Waals surface area contributed by atoms with Gasteiger partial charge in [0.05, 0.1) is 6.61 Å². The van der Waals surface area contributed by atoms with Gasteiger partial charge in [0.2, 0.25) is 0 Å². The zero-order chi connectivity index (χ0) is 21.9. The Morgan fingerprint density at radius 1 is 0.774 bits per heavy atom. The van der Waals surface area contributed by atoms with Gasteiger partial charge in [0, 0.05) is 12.3 Å². The van der Waals surface area contributed by atoms with Gasteiger partial charge in [-0.15, -0.1) is 0 Å². The van der Waals surface area contributed by atoms with Gasteiger partial charge in [-0.25, -0.2) is 0 Å². The Morgan fingerprint density at radius 2 is 1.42 bits per heavy atom. The van der Waals surface area contributed by atoms with Crippen LogP contribution in [-0.4, -0.2) is 12.4 Å². The van der Waals surface area contributed by atoms with Crippen LogP contribution in [0, 0.1) is 5.92 Å². The van der Waals surface area contributed by atoms with Crippen LogP contribution >= 0.6 is 0 Å². The smallest absolute Gasteiger partial charge is 0.140 e. The molecule has 3 rings (SSSR count). The summed E-state index contributed by atoms with van der Waals surface area (Å²) in [6, 6.07) is 17.0. The maximum absolute atomic E-state index is 12.6. The second-order valence-corrected chi connectivity index (χ2v) is 9.22. The molecule has 1 fully saturated rings. The van der Waals surface area contributed by atoms with Gasteiger partial charge < -0.3 is 4.74 Å². The van der Waals surface area contributed by atoms with Crippen molar-refractivity contribution in [3.05, 3.63) is 54.1 Å². The van der Waals surface area contributed by atoms with Crippen LogP contribution in [0.1, 0.15) is 96.0 Å². The predicted octanol–water partition coefficient (Wildman–Crippen LogP) is 8.35. The molecule has 1 saturated carbocycles. The summed E-state index contributed by atoms with van der Waals surface area (Å²) in [4.78, 5) is 12.6. The number of ether oxygens (including phenoxy) is 1. The van der Waals surface area contributed by atoms with Crippen LogP contribution in [0.15, 0.2) is 48.5 Å². The minimum Gasteiger partial charge on any atom is -0.494 e. The summed E-state index contributed by atoms with van der Waals surface area (Å²) in [6.45, 7) is 5.26. The molecule has 0 aliphatic heterocycles. The zero-order valence-corrected chi connectivity index (χ0v) is 19.6. The van der Waals surface area contributed by atoms with Gasteiger partial charge in [0.1, 0.15) is 11.5 Å². The van der Waals surface area contributed by atoms with Crippen LogP contribution in [0.25, 0.3) is 11.1 Å². The summed E-state index contributed by atoms with van der Waals surface area (Å²) in [6.07, 6.45) is 13.0. The van der Waals surface area contributed by atoms with Crippen molar-refractivity contribution in [3.8, 4) is 16.9 Å². The van der Waals surface area contributed by atoms with Gasteiger partial charge >= 0.3 is 0 Å². The van der Waals surface area contributed by atoms with Crippen molar-refractivity contribution in [1.82, 2.24) is 0 Å². The van der Waals surface area contributed by atoms with Gasteiger partial charge in [-0.05, 0) is 54.0 Å². The van der Waals surface area contributed by atoms with Crippen molar-refractivity contribution in [1.29, 1.82) is 0 Å². The van der Waals surface area contributed by atoms with E-state index in [0.29, 0.717) is 11.7 Å². The number of hydrogen-bond acceptors (Lipinski definition) is 2. The molecule has 2 nitrogen and oxygen atoms in total. The molecule has 1 aliphatic carbocycles. The fourth-order valence-electron chi connectivity index (χ4n) is 4.82. The molecule has 2 heteroatoms. The Morgan fingerprint density at radius 3 is 2.06 bits per heavy atom. The van der Waals surface area contributed by atoms with E-state index in [4.69, 9.17) is 4.74 Å². The number of rotatable bonds is 12. The summed E-state index contributed by atoms with van der Waals surface area (Å²) in [5.74, 6) is 2.09. The normalized spacial score (nSPS) is 18.8. The number of hydrogen-bond donors (Lipinski definition) is 0. The first-order valence-corrected chi connectivity index (χ1v) is 12.6. The first kappa shape index (κ1) is 23.6. The van der Waals surface area contributed by atoms with Gasteiger partial charge in [-0.3, -0.25) is 4.79 Å². The Bertz CT molecular complexity index is 775. The Kier molecular flexibility index (Phi) is 9.65. The summed E-state index contributed by atoms with van der Waals surface area (Å²) in [7, 11) is 0. The Labute approximate surface area is 189 Å². The van der Waals surface area contributed by atoms with Gasteiger partial charge in [-0.2, -0.15) is 0 Å². The molecular weight excluding hydrogens is 380 g/mol. The van der Waals surface area contributed by atoms with Crippen LogP contribution in [0.3, 0.4) is 0 Å². The molecule has 0 spiro atoms. The van der Waals surface area contributed by atoms with Crippen molar-refractivity contribution in [3.63, 3.8) is 0 Å². The van der Waals surface area contributed by atoms with E-state index >= 15 is 0 Å². The average molecular weight is 421 g/mol. The van der Waals surface area contributed by atoms with E-state index in [1.807, 2.05) is 0 Å². The number of ketones is 1. The van der Waals surface area contributed by atoms with Gasteiger partial charge in [0.15, 0.2) is 0 Å². The fraction of sp³-hybridized carbons (Fsp3) is 0.552. The van der Waals surface area contributed by atoms with Crippen molar-refractivity contribution < 1.29 is 9.53 Å². The number of carbonyl (C=O) groups excluding carboxylic acids is 1. The highest BCUT2D eigenvalue weighted by atomic mass is 16.5. The molecule has 0 amide bonds. The molecule has 2 aromatic rings. The highest BCUT2D eigenvalue weighted by molar-refractivity contribution is 5.86. The van der Waals surface area contributed by atoms with Crippen LogP contribution < -0.4 is 4.74 Å². The monoisotopic (exact) mass is 420 g/mol. The summed E-state index contributed by atoms with van der Waals surface area (Å²) in [5, 5.41) is 0. The Balaban J connectivity index is 1.48. The molecule has 2 atom stereocenters. The average Bonchev–Trinajstić information content (AvgIpc) is 2.79. The first-order chi connectivity index (χ1) is 15.2.